The molecule has 2 aliphatic heterocycles. The zero-order valence-electron chi connectivity index (χ0n) is 14.3. The van der Waals surface area contributed by atoms with Crippen LogP contribution >= 0.6 is 0 Å². The van der Waals surface area contributed by atoms with Crippen molar-refractivity contribution in [2.75, 3.05) is 52.4 Å². The second kappa shape index (κ2) is 9.09. The van der Waals surface area contributed by atoms with E-state index in [1.54, 1.807) is 0 Å². The highest BCUT2D eigenvalue weighted by molar-refractivity contribution is 4.79. The molecule has 1 unspecified atom stereocenters. The number of hydrogen-bond acceptors (Lipinski definition) is 4. The molecular weight excluding hydrogens is 262 g/mol. The first-order valence-electron chi connectivity index (χ1n) is 8.97. The molecule has 2 saturated heterocycles. The van der Waals surface area contributed by atoms with Gasteiger partial charge in [-0.2, -0.15) is 0 Å². The second-order valence-corrected chi connectivity index (χ2v) is 7.03. The van der Waals surface area contributed by atoms with E-state index in [4.69, 9.17) is 4.74 Å². The van der Waals surface area contributed by atoms with Crippen LogP contribution in [0.3, 0.4) is 0 Å². The van der Waals surface area contributed by atoms with Gasteiger partial charge in [0.1, 0.15) is 0 Å². The lowest BCUT2D eigenvalue weighted by molar-refractivity contribution is -0.0538. The van der Waals surface area contributed by atoms with Crippen LogP contribution in [0, 0.1) is 5.92 Å². The Bertz CT molecular complexity index is 279. The van der Waals surface area contributed by atoms with Gasteiger partial charge in [-0.15, -0.1) is 0 Å². The van der Waals surface area contributed by atoms with Crippen molar-refractivity contribution in [1.29, 1.82) is 0 Å². The number of rotatable bonds is 7. The van der Waals surface area contributed by atoms with Gasteiger partial charge in [0.05, 0.1) is 12.7 Å². The van der Waals surface area contributed by atoms with Gasteiger partial charge in [0.15, 0.2) is 0 Å². The molecule has 0 aromatic carbocycles. The van der Waals surface area contributed by atoms with E-state index in [2.05, 4.69) is 35.9 Å². The smallest absolute Gasteiger partial charge is 0.0829 e. The van der Waals surface area contributed by atoms with E-state index in [1.807, 2.05) is 0 Å². The quantitative estimate of drug-likeness (QED) is 0.775. The lowest BCUT2D eigenvalue weighted by atomic mass is 9.97. The number of piperidine rings is 1. The van der Waals surface area contributed by atoms with Crippen LogP contribution < -0.4 is 5.32 Å². The topological polar surface area (TPSA) is 27.7 Å². The Morgan fingerprint density at radius 3 is 2.67 bits per heavy atom. The Balaban J connectivity index is 1.80. The summed E-state index contributed by atoms with van der Waals surface area (Å²) in [6.45, 7) is 16.0. The molecule has 0 radical (unpaired) electrons. The van der Waals surface area contributed by atoms with Crippen molar-refractivity contribution >= 4 is 0 Å². The van der Waals surface area contributed by atoms with Crippen molar-refractivity contribution < 1.29 is 4.74 Å². The van der Waals surface area contributed by atoms with Crippen molar-refractivity contribution in [2.24, 2.45) is 5.92 Å². The fourth-order valence-electron chi connectivity index (χ4n) is 3.61. The summed E-state index contributed by atoms with van der Waals surface area (Å²) in [4.78, 5) is 5.22. The van der Waals surface area contributed by atoms with Gasteiger partial charge in [0, 0.05) is 32.2 Å². The summed E-state index contributed by atoms with van der Waals surface area (Å²) in [5.41, 5.74) is 0. The summed E-state index contributed by atoms with van der Waals surface area (Å²) in [6, 6.07) is 0.639. The molecule has 2 aliphatic rings. The third kappa shape index (κ3) is 5.85. The van der Waals surface area contributed by atoms with E-state index in [0.717, 1.165) is 32.2 Å². The average Bonchev–Trinajstić information content (AvgIpc) is 2.49. The van der Waals surface area contributed by atoms with Gasteiger partial charge in [0.2, 0.25) is 0 Å². The van der Waals surface area contributed by atoms with Crippen molar-refractivity contribution in [2.45, 2.75) is 52.2 Å². The first kappa shape index (κ1) is 17.2. The fraction of sp³-hybridized carbons (Fsp3) is 1.00. The predicted molar refractivity (Wildman–Crippen MR) is 88.8 cm³/mol. The van der Waals surface area contributed by atoms with Crippen molar-refractivity contribution in [3.63, 3.8) is 0 Å². The molecule has 2 rings (SSSR count). The first-order valence-corrected chi connectivity index (χ1v) is 8.97. The molecule has 0 amide bonds. The second-order valence-electron chi connectivity index (χ2n) is 7.03. The average molecular weight is 297 g/mol. The van der Waals surface area contributed by atoms with E-state index in [1.165, 1.54) is 45.4 Å². The maximum absolute atomic E-state index is 6.03. The minimum absolute atomic E-state index is 0.398. The molecule has 0 aromatic heterocycles. The van der Waals surface area contributed by atoms with Gasteiger partial charge >= 0.3 is 0 Å². The summed E-state index contributed by atoms with van der Waals surface area (Å²) in [7, 11) is 0. The molecular formula is C17H35N3O. The van der Waals surface area contributed by atoms with Crippen LogP contribution in [0.1, 0.15) is 40.0 Å². The minimum Gasteiger partial charge on any atom is -0.374 e. The van der Waals surface area contributed by atoms with Gasteiger partial charge in [-0.1, -0.05) is 6.92 Å². The molecule has 2 heterocycles. The highest BCUT2D eigenvalue weighted by Crippen LogP contribution is 2.16. The van der Waals surface area contributed by atoms with Gasteiger partial charge in [0.25, 0.3) is 0 Å². The van der Waals surface area contributed by atoms with Crippen LogP contribution in [0.5, 0.6) is 0 Å². The van der Waals surface area contributed by atoms with E-state index < -0.39 is 0 Å². The highest BCUT2D eigenvalue weighted by Gasteiger charge is 2.25. The Kier molecular flexibility index (Phi) is 7.44. The molecule has 4 heteroatoms. The normalized spacial score (nSPS) is 25.9. The maximum atomic E-state index is 6.03. The molecule has 21 heavy (non-hydrogen) atoms. The number of nitrogens with zero attached hydrogens (tertiary/aromatic N) is 2. The Hall–Kier alpha value is -0.160. The number of ether oxygens (including phenoxy) is 1. The van der Waals surface area contributed by atoms with Crippen LogP contribution in [-0.4, -0.2) is 74.4 Å². The van der Waals surface area contributed by atoms with Crippen molar-refractivity contribution in [3.8, 4) is 0 Å². The Labute approximate surface area is 131 Å². The number of hydrogen-bond donors (Lipinski definition) is 1. The van der Waals surface area contributed by atoms with Gasteiger partial charge in [-0.25, -0.2) is 0 Å². The molecule has 1 atom stereocenters. The molecule has 124 valence electrons. The first-order chi connectivity index (χ1) is 10.2. The standard InChI is InChI=1S/C17H35N3O/c1-4-9-19(12-16-5-7-18-8-6-16)13-17-14-20(15(2)3)10-11-21-17/h15-18H,4-14H2,1-3H3. The summed E-state index contributed by atoms with van der Waals surface area (Å²) in [6.07, 6.45) is 4.31. The fourth-order valence-corrected chi connectivity index (χ4v) is 3.61. The lowest BCUT2D eigenvalue weighted by Gasteiger charge is -2.38. The van der Waals surface area contributed by atoms with E-state index in [9.17, 15) is 0 Å². The highest BCUT2D eigenvalue weighted by atomic mass is 16.5. The molecule has 4 nitrogen and oxygen atoms in total. The summed E-state index contributed by atoms with van der Waals surface area (Å²) < 4.78 is 6.03. The predicted octanol–water partition coefficient (Wildman–Crippen LogP) is 1.81. The Morgan fingerprint density at radius 1 is 1.24 bits per heavy atom. The van der Waals surface area contributed by atoms with Gasteiger partial charge < -0.3 is 15.0 Å². The third-order valence-electron chi connectivity index (χ3n) is 4.88. The summed E-state index contributed by atoms with van der Waals surface area (Å²) in [5.74, 6) is 0.877. The molecule has 0 spiro atoms. The van der Waals surface area contributed by atoms with Crippen LogP contribution in [0.25, 0.3) is 0 Å². The molecule has 0 saturated carbocycles. The maximum Gasteiger partial charge on any atom is 0.0829 e. The monoisotopic (exact) mass is 297 g/mol. The van der Waals surface area contributed by atoms with E-state index >= 15 is 0 Å². The van der Waals surface area contributed by atoms with Gasteiger partial charge in [-0.05, 0) is 58.7 Å². The molecule has 0 bridgehead atoms. The lowest BCUT2D eigenvalue weighted by Crippen LogP contribution is -2.50. The third-order valence-corrected chi connectivity index (χ3v) is 4.88. The summed E-state index contributed by atoms with van der Waals surface area (Å²) >= 11 is 0. The van der Waals surface area contributed by atoms with Gasteiger partial charge in [-0.3, -0.25) is 4.90 Å². The van der Waals surface area contributed by atoms with Crippen molar-refractivity contribution in [1.82, 2.24) is 15.1 Å². The van der Waals surface area contributed by atoms with E-state index in [-0.39, 0.29) is 0 Å². The molecule has 0 aliphatic carbocycles. The zero-order valence-corrected chi connectivity index (χ0v) is 14.3. The zero-order chi connectivity index (χ0) is 15.1. The van der Waals surface area contributed by atoms with Crippen LogP contribution in [0.15, 0.2) is 0 Å². The number of nitrogens with one attached hydrogen (secondary N) is 1. The largest absolute Gasteiger partial charge is 0.374 e. The van der Waals surface area contributed by atoms with E-state index in [0.29, 0.717) is 12.1 Å². The Morgan fingerprint density at radius 2 is 2.00 bits per heavy atom. The molecule has 1 N–H and O–H groups in total. The SMILES string of the molecule is CCCN(CC1CCNCC1)CC1CN(C(C)C)CCO1. The van der Waals surface area contributed by atoms with Crippen molar-refractivity contribution in [3.05, 3.63) is 0 Å². The van der Waals surface area contributed by atoms with Crippen LogP contribution in [-0.2, 0) is 4.74 Å². The number of morpholine rings is 1. The van der Waals surface area contributed by atoms with Crippen LogP contribution in [0.4, 0.5) is 0 Å². The molecule has 0 aromatic rings. The minimum atomic E-state index is 0.398. The van der Waals surface area contributed by atoms with Crippen LogP contribution in [0.2, 0.25) is 0 Å². The molecule has 2 fully saturated rings. The summed E-state index contributed by atoms with van der Waals surface area (Å²) in [5, 5.41) is 3.47.